The summed E-state index contributed by atoms with van der Waals surface area (Å²) in [5.74, 6) is -2.23. The average Bonchev–Trinajstić information content (AvgIpc) is 2.78. The quantitative estimate of drug-likeness (QED) is 0.615. The monoisotopic (exact) mass is 449 g/mol. The Morgan fingerprint density at radius 2 is 1.71 bits per heavy atom. The van der Waals surface area contributed by atoms with Gasteiger partial charge in [0.25, 0.3) is 0 Å². The highest BCUT2D eigenvalue weighted by atomic mass is 32.2. The number of benzene rings is 2. The summed E-state index contributed by atoms with van der Waals surface area (Å²) in [6.07, 6.45) is 0.0880. The molecular weight excluding hydrogens is 425 g/mol. The third-order valence-corrected chi connectivity index (χ3v) is 6.66. The molecule has 0 bridgehead atoms. The normalized spacial score (nSPS) is 17.1. The van der Waals surface area contributed by atoms with Crippen molar-refractivity contribution in [2.45, 2.75) is 24.0 Å². The lowest BCUT2D eigenvalue weighted by molar-refractivity contribution is -0.140. The zero-order valence-electron chi connectivity index (χ0n) is 16.8. The van der Waals surface area contributed by atoms with Gasteiger partial charge in [-0.25, -0.2) is 12.8 Å². The molecule has 1 aliphatic heterocycles. The lowest BCUT2D eigenvalue weighted by atomic mass is 10.1. The summed E-state index contributed by atoms with van der Waals surface area (Å²) >= 11 is 0. The molecule has 10 heteroatoms. The first kappa shape index (κ1) is 22.9. The molecule has 1 saturated heterocycles. The maximum Gasteiger partial charge on any atom is 0.309 e. The van der Waals surface area contributed by atoms with Crippen molar-refractivity contribution in [2.75, 3.05) is 26.2 Å². The highest BCUT2D eigenvalue weighted by Gasteiger charge is 2.34. The summed E-state index contributed by atoms with van der Waals surface area (Å²) in [7, 11) is -3.95. The van der Waals surface area contributed by atoms with Crippen LogP contribution in [0, 0.1) is 5.82 Å². The number of nitrogens with zero attached hydrogens (tertiary/aromatic N) is 1. The Bertz CT molecular complexity index is 999. The van der Waals surface area contributed by atoms with Gasteiger partial charge in [-0.15, -0.1) is 0 Å². The van der Waals surface area contributed by atoms with Crippen LogP contribution in [0.1, 0.15) is 12.0 Å². The lowest BCUT2D eigenvalue weighted by Crippen LogP contribution is -2.53. The van der Waals surface area contributed by atoms with Crippen LogP contribution >= 0.6 is 0 Å². The van der Waals surface area contributed by atoms with Crippen LogP contribution in [0.5, 0.6) is 0 Å². The molecule has 3 rings (SSSR count). The van der Waals surface area contributed by atoms with Crippen LogP contribution in [0.25, 0.3) is 0 Å². The van der Waals surface area contributed by atoms with E-state index in [1.807, 2.05) is 30.3 Å². The molecule has 2 aromatic rings. The van der Waals surface area contributed by atoms with Crippen molar-refractivity contribution >= 4 is 21.8 Å². The Kier molecular flexibility index (Phi) is 7.72. The number of hydrogen-bond acceptors (Lipinski definition) is 5. The van der Waals surface area contributed by atoms with Crippen LogP contribution in [-0.4, -0.2) is 57.0 Å². The molecule has 1 atom stereocenters. The number of hydrogen-bond donors (Lipinski definition) is 2. The Morgan fingerprint density at radius 1 is 1.03 bits per heavy atom. The number of carbonyl (C=O) groups is 2. The fourth-order valence-electron chi connectivity index (χ4n) is 3.15. The topological polar surface area (TPSA) is 105 Å². The van der Waals surface area contributed by atoms with Gasteiger partial charge in [-0.05, 0) is 42.7 Å². The third kappa shape index (κ3) is 6.09. The van der Waals surface area contributed by atoms with E-state index in [2.05, 4.69) is 10.6 Å². The van der Waals surface area contributed by atoms with E-state index in [0.717, 1.165) is 22.0 Å². The fourth-order valence-corrected chi connectivity index (χ4v) is 4.72. The molecule has 2 amide bonds. The van der Waals surface area contributed by atoms with Crippen molar-refractivity contribution in [2.24, 2.45) is 0 Å². The second-order valence-corrected chi connectivity index (χ2v) is 8.84. The molecule has 31 heavy (non-hydrogen) atoms. The second-order valence-electron chi connectivity index (χ2n) is 6.95. The maximum absolute atomic E-state index is 13.1. The predicted octanol–water partition coefficient (Wildman–Crippen LogP) is 1.04. The molecule has 0 aromatic heterocycles. The summed E-state index contributed by atoms with van der Waals surface area (Å²) in [4.78, 5) is 24.0. The SMILES string of the molecule is O=C(NCCc1ccccc1)C(=O)NC[C@@H]1OCCCN1S(=O)(=O)c1ccc(F)cc1. The van der Waals surface area contributed by atoms with Gasteiger partial charge in [-0.2, -0.15) is 4.31 Å². The summed E-state index contributed by atoms with van der Waals surface area (Å²) in [5.41, 5.74) is 1.03. The fraction of sp³-hybridized carbons (Fsp3) is 0.333. The Labute approximate surface area is 180 Å². The third-order valence-electron chi connectivity index (χ3n) is 4.76. The second kappa shape index (κ2) is 10.5. The predicted molar refractivity (Wildman–Crippen MR) is 111 cm³/mol. The molecule has 8 nitrogen and oxygen atoms in total. The standard InChI is InChI=1S/C21H24FN3O5S/c22-17-7-9-18(10-8-17)31(28,29)25-13-4-14-30-19(25)15-24-21(27)20(26)23-12-11-16-5-2-1-3-6-16/h1-3,5-10,19H,4,11-15H2,(H,23,26)(H,24,27)/t19-/m0/s1. The smallest absolute Gasteiger partial charge is 0.309 e. The van der Waals surface area contributed by atoms with Crippen molar-refractivity contribution < 1.29 is 27.1 Å². The first-order valence-electron chi connectivity index (χ1n) is 9.87. The van der Waals surface area contributed by atoms with E-state index in [1.165, 1.54) is 12.1 Å². The number of sulfonamides is 1. The molecule has 0 saturated carbocycles. The molecule has 1 fully saturated rings. The van der Waals surface area contributed by atoms with E-state index in [9.17, 15) is 22.4 Å². The van der Waals surface area contributed by atoms with Crippen LogP contribution < -0.4 is 10.6 Å². The van der Waals surface area contributed by atoms with Crippen LogP contribution in [0.2, 0.25) is 0 Å². The van der Waals surface area contributed by atoms with E-state index in [4.69, 9.17) is 4.74 Å². The van der Waals surface area contributed by atoms with Crippen molar-refractivity contribution in [1.82, 2.24) is 14.9 Å². The van der Waals surface area contributed by atoms with Gasteiger partial charge in [-0.3, -0.25) is 9.59 Å². The largest absolute Gasteiger partial charge is 0.360 e. The van der Waals surface area contributed by atoms with E-state index >= 15 is 0 Å². The summed E-state index contributed by atoms with van der Waals surface area (Å²) in [6, 6.07) is 14.0. The average molecular weight is 450 g/mol. The van der Waals surface area contributed by atoms with E-state index in [0.29, 0.717) is 26.0 Å². The number of nitrogens with one attached hydrogen (secondary N) is 2. The van der Waals surface area contributed by atoms with Crippen molar-refractivity contribution in [3.63, 3.8) is 0 Å². The Hall–Kier alpha value is -2.82. The van der Waals surface area contributed by atoms with Gasteiger partial charge in [0.2, 0.25) is 10.0 Å². The van der Waals surface area contributed by atoms with E-state index < -0.39 is 33.9 Å². The zero-order chi connectivity index (χ0) is 22.3. The number of halogens is 1. The van der Waals surface area contributed by atoms with Gasteiger partial charge in [0, 0.05) is 13.1 Å². The summed E-state index contributed by atoms with van der Waals surface area (Å²) in [6.45, 7) is 0.607. The minimum absolute atomic E-state index is 0.0746. The molecular formula is C21H24FN3O5S. The van der Waals surface area contributed by atoms with Gasteiger partial charge in [0.1, 0.15) is 12.0 Å². The van der Waals surface area contributed by atoms with Gasteiger partial charge in [0.05, 0.1) is 18.0 Å². The maximum atomic E-state index is 13.1. The number of carbonyl (C=O) groups excluding carboxylic acids is 2. The van der Waals surface area contributed by atoms with Crippen molar-refractivity contribution in [3.05, 3.63) is 66.0 Å². The summed E-state index contributed by atoms with van der Waals surface area (Å²) < 4.78 is 45.6. The molecule has 0 aliphatic carbocycles. The van der Waals surface area contributed by atoms with Gasteiger partial charge < -0.3 is 15.4 Å². The van der Waals surface area contributed by atoms with Crippen molar-refractivity contribution in [3.8, 4) is 0 Å². The van der Waals surface area contributed by atoms with E-state index in [-0.39, 0.29) is 18.0 Å². The molecule has 0 radical (unpaired) electrons. The number of amides is 2. The van der Waals surface area contributed by atoms with Gasteiger partial charge in [-0.1, -0.05) is 30.3 Å². The molecule has 1 heterocycles. The van der Waals surface area contributed by atoms with Crippen LogP contribution in [0.15, 0.2) is 59.5 Å². The molecule has 0 unspecified atom stereocenters. The molecule has 2 aromatic carbocycles. The van der Waals surface area contributed by atoms with Gasteiger partial charge >= 0.3 is 11.8 Å². The van der Waals surface area contributed by atoms with Crippen LogP contribution in [0.4, 0.5) is 4.39 Å². The molecule has 2 N–H and O–H groups in total. The number of ether oxygens (including phenoxy) is 1. The Morgan fingerprint density at radius 3 is 2.42 bits per heavy atom. The number of rotatable bonds is 7. The minimum Gasteiger partial charge on any atom is -0.360 e. The molecule has 166 valence electrons. The van der Waals surface area contributed by atoms with Crippen LogP contribution in [-0.2, 0) is 30.8 Å². The first-order chi connectivity index (χ1) is 14.9. The minimum atomic E-state index is -3.95. The molecule has 1 aliphatic rings. The highest BCUT2D eigenvalue weighted by molar-refractivity contribution is 7.89. The lowest BCUT2D eigenvalue weighted by Gasteiger charge is -2.34. The first-order valence-corrected chi connectivity index (χ1v) is 11.3. The van der Waals surface area contributed by atoms with E-state index in [1.54, 1.807) is 0 Å². The van der Waals surface area contributed by atoms with Gasteiger partial charge in [0.15, 0.2) is 0 Å². The highest BCUT2D eigenvalue weighted by Crippen LogP contribution is 2.22. The molecule has 0 spiro atoms. The Balaban J connectivity index is 1.54. The van der Waals surface area contributed by atoms with Crippen LogP contribution in [0.3, 0.4) is 0 Å². The van der Waals surface area contributed by atoms with Crippen molar-refractivity contribution in [1.29, 1.82) is 0 Å². The summed E-state index contributed by atoms with van der Waals surface area (Å²) in [5, 5.41) is 4.95. The zero-order valence-corrected chi connectivity index (χ0v) is 17.6.